The van der Waals surface area contributed by atoms with Crippen molar-refractivity contribution in [1.82, 2.24) is 9.55 Å². The van der Waals surface area contributed by atoms with Crippen molar-refractivity contribution in [3.05, 3.63) is 70.0 Å². The maximum absolute atomic E-state index is 12.8. The molecule has 138 valence electrons. The van der Waals surface area contributed by atoms with Gasteiger partial charge in [-0.3, -0.25) is 9.36 Å². The second-order valence-corrected chi connectivity index (χ2v) is 6.26. The van der Waals surface area contributed by atoms with Crippen LogP contribution in [-0.4, -0.2) is 28.7 Å². The van der Waals surface area contributed by atoms with Crippen molar-refractivity contribution in [3.8, 4) is 5.75 Å². The summed E-state index contributed by atoms with van der Waals surface area (Å²) in [6, 6.07) is 10.4. The summed E-state index contributed by atoms with van der Waals surface area (Å²) < 4.78 is 25.1. The second kappa shape index (κ2) is 7.19. The highest BCUT2D eigenvalue weighted by Crippen LogP contribution is 2.17. The Labute approximate surface area is 154 Å². The van der Waals surface area contributed by atoms with Gasteiger partial charge < -0.3 is 9.47 Å². The Hall–Kier alpha value is -3.22. The van der Waals surface area contributed by atoms with Crippen molar-refractivity contribution >= 4 is 16.9 Å². The van der Waals surface area contributed by atoms with E-state index in [0.717, 1.165) is 18.7 Å². The first-order valence-corrected chi connectivity index (χ1v) is 8.71. The van der Waals surface area contributed by atoms with Crippen molar-refractivity contribution in [1.29, 1.82) is 0 Å². The number of halogens is 1. The smallest absolute Gasteiger partial charge is 0.338 e. The maximum Gasteiger partial charge on any atom is 0.338 e. The molecule has 0 spiro atoms. The molecule has 0 unspecified atom stereocenters. The zero-order valence-electron chi connectivity index (χ0n) is 14.5. The lowest BCUT2D eigenvalue weighted by Gasteiger charge is -2.09. The molecule has 0 saturated heterocycles. The van der Waals surface area contributed by atoms with Gasteiger partial charge in [0.15, 0.2) is 0 Å². The van der Waals surface area contributed by atoms with Crippen molar-refractivity contribution < 1.29 is 18.7 Å². The van der Waals surface area contributed by atoms with Crippen LogP contribution in [0.2, 0.25) is 0 Å². The first kappa shape index (κ1) is 17.2. The normalized spacial score (nSPS) is 12.8. The van der Waals surface area contributed by atoms with Gasteiger partial charge in [0.05, 0.1) is 16.5 Å². The van der Waals surface area contributed by atoms with Gasteiger partial charge in [-0.2, -0.15) is 0 Å². The zero-order valence-corrected chi connectivity index (χ0v) is 14.5. The Morgan fingerprint density at radius 3 is 2.78 bits per heavy atom. The third kappa shape index (κ3) is 3.53. The number of aryl methyl sites for hydroxylation is 1. The van der Waals surface area contributed by atoms with Gasteiger partial charge in [-0.15, -0.1) is 0 Å². The fraction of sp³-hybridized carbons (Fsp3) is 0.250. The predicted molar refractivity (Wildman–Crippen MR) is 96.5 cm³/mol. The quantitative estimate of drug-likeness (QED) is 0.512. The van der Waals surface area contributed by atoms with Gasteiger partial charge in [0.2, 0.25) is 0 Å². The summed E-state index contributed by atoms with van der Waals surface area (Å²) in [4.78, 5) is 29.2. The Morgan fingerprint density at radius 2 is 1.96 bits per heavy atom. The summed E-state index contributed by atoms with van der Waals surface area (Å²) in [5.74, 6) is 0.397. The summed E-state index contributed by atoms with van der Waals surface area (Å²) in [7, 11) is 0. The minimum Gasteiger partial charge on any atom is -0.490 e. The molecule has 1 aliphatic heterocycles. The van der Waals surface area contributed by atoms with Gasteiger partial charge in [0.1, 0.15) is 30.6 Å². The standard InChI is InChI=1S/C20H17FN2O4/c21-14-4-6-15(7-5-14)26-10-11-27-20(25)13-3-8-16-17(12-13)22-18-2-1-9-23(18)19(16)24/h3-8,12H,1-2,9-11H2. The molecule has 0 amide bonds. The van der Waals surface area contributed by atoms with E-state index in [4.69, 9.17) is 9.47 Å². The molecular weight excluding hydrogens is 351 g/mol. The lowest BCUT2D eigenvalue weighted by atomic mass is 10.1. The van der Waals surface area contributed by atoms with Crippen LogP contribution in [0.15, 0.2) is 47.3 Å². The van der Waals surface area contributed by atoms with E-state index in [0.29, 0.717) is 28.8 Å². The average molecular weight is 368 g/mol. The van der Waals surface area contributed by atoms with Gasteiger partial charge in [-0.1, -0.05) is 0 Å². The fourth-order valence-electron chi connectivity index (χ4n) is 3.12. The first-order chi connectivity index (χ1) is 13.1. The topological polar surface area (TPSA) is 70.4 Å². The number of rotatable bonds is 5. The Bertz CT molecular complexity index is 1060. The third-order valence-electron chi connectivity index (χ3n) is 4.45. The molecule has 2 heterocycles. The molecule has 0 saturated carbocycles. The first-order valence-electron chi connectivity index (χ1n) is 8.71. The molecule has 0 fully saturated rings. The van der Waals surface area contributed by atoms with Crippen LogP contribution >= 0.6 is 0 Å². The average Bonchev–Trinajstić information content (AvgIpc) is 3.15. The van der Waals surface area contributed by atoms with Gasteiger partial charge >= 0.3 is 5.97 Å². The van der Waals surface area contributed by atoms with Crippen LogP contribution in [0, 0.1) is 5.82 Å². The molecule has 2 aromatic carbocycles. The molecule has 0 bridgehead atoms. The predicted octanol–water partition coefficient (Wildman–Crippen LogP) is 2.72. The van der Waals surface area contributed by atoms with E-state index in [1.54, 1.807) is 22.8 Å². The number of carbonyl (C=O) groups is 1. The van der Waals surface area contributed by atoms with Crippen LogP contribution in [0.4, 0.5) is 4.39 Å². The van der Waals surface area contributed by atoms with Crippen molar-refractivity contribution in [2.75, 3.05) is 13.2 Å². The fourth-order valence-corrected chi connectivity index (χ4v) is 3.12. The number of esters is 1. The molecule has 7 heteroatoms. The van der Waals surface area contributed by atoms with E-state index in [1.807, 2.05) is 0 Å². The van der Waals surface area contributed by atoms with Crippen LogP contribution < -0.4 is 10.3 Å². The number of benzene rings is 2. The molecule has 1 aliphatic rings. The Balaban J connectivity index is 1.41. The molecule has 3 aromatic rings. The second-order valence-electron chi connectivity index (χ2n) is 6.26. The number of nitrogens with zero attached hydrogens (tertiary/aromatic N) is 2. The summed E-state index contributed by atoms with van der Waals surface area (Å²) >= 11 is 0. The van der Waals surface area contributed by atoms with Crippen LogP contribution in [0.1, 0.15) is 22.6 Å². The molecule has 0 aliphatic carbocycles. The van der Waals surface area contributed by atoms with Crippen LogP contribution in [-0.2, 0) is 17.7 Å². The van der Waals surface area contributed by atoms with E-state index >= 15 is 0 Å². The third-order valence-corrected chi connectivity index (χ3v) is 4.45. The van der Waals surface area contributed by atoms with Crippen LogP contribution in [0.5, 0.6) is 5.75 Å². The van der Waals surface area contributed by atoms with Crippen molar-refractivity contribution in [2.45, 2.75) is 19.4 Å². The molecule has 0 radical (unpaired) electrons. The van der Waals surface area contributed by atoms with E-state index in [2.05, 4.69) is 4.98 Å². The van der Waals surface area contributed by atoms with Gasteiger partial charge in [-0.05, 0) is 48.9 Å². The Morgan fingerprint density at radius 1 is 1.15 bits per heavy atom. The Kier molecular flexibility index (Phi) is 4.58. The highest BCUT2D eigenvalue weighted by Gasteiger charge is 2.17. The molecule has 27 heavy (non-hydrogen) atoms. The molecule has 0 N–H and O–H groups in total. The van der Waals surface area contributed by atoms with E-state index in [1.165, 1.54) is 24.3 Å². The van der Waals surface area contributed by atoms with Gasteiger partial charge in [0, 0.05) is 13.0 Å². The minimum atomic E-state index is -0.512. The van der Waals surface area contributed by atoms with E-state index in [9.17, 15) is 14.0 Å². The van der Waals surface area contributed by atoms with E-state index in [-0.39, 0.29) is 24.6 Å². The number of aromatic nitrogens is 2. The zero-order chi connectivity index (χ0) is 18.8. The lowest BCUT2D eigenvalue weighted by Crippen LogP contribution is -2.21. The van der Waals surface area contributed by atoms with Gasteiger partial charge in [0.25, 0.3) is 5.56 Å². The number of hydrogen-bond acceptors (Lipinski definition) is 5. The number of carbonyl (C=O) groups excluding carboxylic acids is 1. The largest absolute Gasteiger partial charge is 0.490 e. The summed E-state index contributed by atoms with van der Waals surface area (Å²) in [6.45, 7) is 0.890. The molecular formula is C20H17FN2O4. The molecule has 1 aromatic heterocycles. The summed E-state index contributed by atoms with van der Waals surface area (Å²) in [5, 5.41) is 0.497. The molecule has 6 nitrogen and oxygen atoms in total. The SMILES string of the molecule is O=C(OCCOc1ccc(F)cc1)c1ccc2c(=O)n3c(nc2c1)CCC3. The van der Waals surface area contributed by atoms with Crippen molar-refractivity contribution in [2.24, 2.45) is 0 Å². The molecule has 0 atom stereocenters. The van der Waals surface area contributed by atoms with Crippen LogP contribution in [0.25, 0.3) is 10.9 Å². The number of ether oxygens (including phenoxy) is 2. The highest BCUT2D eigenvalue weighted by atomic mass is 19.1. The highest BCUT2D eigenvalue weighted by molar-refractivity contribution is 5.94. The minimum absolute atomic E-state index is 0.0501. The monoisotopic (exact) mass is 368 g/mol. The van der Waals surface area contributed by atoms with Crippen molar-refractivity contribution in [3.63, 3.8) is 0 Å². The summed E-state index contributed by atoms with van der Waals surface area (Å²) in [5.41, 5.74) is 0.768. The van der Waals surface area contributed by atoms with E-state index < -0.39 is 5.97 Å². The maximum atomic E-state index is 12.8. The number of fused-ring (bicyclic) bond motifs is 2. The number of hydrogen-bond donors (Lipinski definition) is 0. The lowest BCUT2D eigenvalue weighted by molar-refractivity contribution is 0.0450. The molecule has 4 rings (SSSR count). The van der Waals surface area contributed by atoms with Crippen LogP contribution in [0.3, 0.4) is 0 Å². The summed E-state index contributed by atoms with van der Waals surface area (Å²) in [6.07, 6.45) is 1.67. The van der Waals surface area contributed by atoms with Gasteiger partial charge in [-0.25, -0.2) is 14.2 Å².